The zero-order chi connectivity index (χ0) is 19.5. The second-order valence-corrected chi connectivity index (χ2v) is 8.83. The van der Waals surface area contributed by atoms with E-state index in [0.717, 1.165) is 44.2 Å². The van der Waals surface area contributed by atoms with Gasteiger partial charge in [0.15, 0.2) is 0 Å². The monoisotopic (exact) mass is 397 g/mol. The summed E-state index contributed by atoms with van der Waals surface area (Å²) < 4.78 is 5.33. The molecule has 0 radical (unpaired) electrons. The number of piperazine rings is 1. The third-order valence-corrected chi connectivity index (χ3v) is 6.54. The van der Waals surface area contributed by atoms with Crippen molar-refractivity contribution in [1.82, 2.24) is 4.90 Å². The van der Waals surface area contributed by atoms with Crippen molar-refractivity contribution >= 4 is 29.0 Å². The normalized spacial score (nSPS) is 19.4. The maximum Gasteiger partial charge on any atom is 0.242 e. The number of thioether (sulfide) groups is 1. The highest BCUT2D eigenvalue weighted by atomic mass is 32.2. The maximum absolute atomic E-state index is 13.0. The van der Waals surface area contributed by atoms with E-state index in [1.54, 1.807) is 7.11 Å². The fraction of sp³-hybridized carbons (Fsp3) is 0.409. The van der Waals surface area contributed by atoms with Gasteiger partial charge < -0.3 is 19.4 Å². The third-order valence-electron chi connectivity index (χ3n) is 5.39. The molecule has 0 saturated carbocycles. The fourth-order valence-corrected chi connectivity index (χ4v) is 5.08. The number of anilines is 2. The highest BCUT2D eigenvalue weighted by Crippen LogP contribution is 2.38. The van der Waals surface area contributed by atoms with Crippen LogP contribution in [-0.4, -0.2) is 62.4 Å². The first-order chi connectivity index (χ1) is 13.6. The van der Waals surface area contributed by atoms with Crippen molar-refractivity contribution in [3.05, 3.63) is 48.5 Å². The molecule has 0 aliphatic carbocycles. The standard InChI is InChI=1S/C22H27N3O2S/c1-17-15-25(20-8-3-4-9-21(20)28-17)16-22(26)24-12-10-23(11-13-24)18-6-5-7-19(14-18)27-2/h3-9,14,17H,10-13,15-16H2,1-2H3/t17-/m0/s1. The number of methoxy groups -OCH3 is 1. The van der Waals surface area contributed by atoms with Crippen molar-refractivity contribution in [3.63, 3.8) is 0 Å². The van der Waals surface area contributed by atoms with E-state index in [0.29, 0.717) is 11.8 Å². The van der Waals surface area contributed by atoms with Crippen LogP contribution in [0.4, 0.5) is 11.4 Å². The summed E-state index contributed by atoms with van der Waals surface area (Å²) in [5, 5.41) is 0.493. The lowest BCUT2D eigenvalue weighted by Crippen LogP contribution is -2.52. The Labute approximate surface area is 171 Å². The molecule has 2 aromatic rings. The molecule has 0 aromatic heterocycles. The summed E-state index contributed by atoms with van der Waals surface area (Å²) in [6, 6.07) is 16.5. The van der Waals surface area contributed by atoms with Gasteiger partial charge in [-0.3, -0.25) is 4.79 Å². The van der Waals surface area contributed by atoms with Crippen LogP contribution in [0.3, 0.4) is 0 Å². The smallest absolute Gasteiger partial charge is 0.242 e. The predicted octanol–water partition coefficient (Wildman–Crippen LogP) is 3.34. The first-order valence-electron chi connectivity index (χ1n) is 9.81. The quantitative estimate of drug-likeness (QED) is 0.791. The van der Waals surface area contributed by atoms with Gasteiger partial charge in [-0.25, -0.2) is 0 Å². The molecular formula is C22H27N3O2S. The van der Waals surface area contributed by atoms with E-state index in [4.69, 9.17) is 4.74 Å². The minimum absolute atomic E-state index is 0.221. The SMILES string of the molecule is COc1cccc(N2CCN(C(=O)CN3C[C@H](C)Sc4ccccc43)CC2)c1. The van der Waals surface area contributed by atoms with Crippen molar-refractivity contribution in [2.75, 3.05) is 56.2 Å². The summed E-state index contributed by atoms with van der Waals surface area (Å²) in [6.45, 7) is 6.82. The highest BCUT2D eigenvalue weighted by molar-refractivity contribution is 8.00. The molecule has 1 saturated heterocycles. The topological polar surface area (TPSA) is 36.0 Å². The first-order valence-corrected chi connectivity index (χ1v) is 10.7. The van der Waals surface area contributed by atoms with Crippen LogP contribution in [0.25, 0.3) is 0 Å². The Morgan fingerprint density at radius 2 is 1.89 bits per heavy atom. The average molecular weight is 398 g/mol. The third kappa shape index (κ3) is 4.07. The number of carbonyl (C=O) groups excluding carboxylic acids is 1. The zero-order valence-corrected chi connectivity index (χ0v) is 17.3. The Bertz CT molecular complexity index is 836. The molecule has 5 nitrogen and oxygen atoms in total. The van der Waals surface area contributed by atoms with Crippen molar-refractivity contribution in [1.29, 1.82) is 0 Å². The molecule has 0 unspecified atom stereocenters. The van der Waals surface area contributed by atoms with E-state index in [2.05, 4.69) is 53.1 Å². The number of hydrogen-bond acceptors (Lipinski definition) is 5. The number of carbonyl (C=O) groups is 1. The number of nitrogens with zero attached hydrogens (tertiary/aromatic N) is 3. The molecule has 0 N–H and O–H groups in total. The number of para-hydroxylation sites is 1. The van der Waals surface area contributed by atoms with Gasteiger partial charge in [-0.2, -0.15) is 0 Å². The van der Waals surface area contributed by atoms with Crippen LogP contribution in [-0.2, 0) is 4.79 Å². The molecule has 1 atom stereocenters. The van der Waals surface area contributed by atoms with Gasteiger partial charge in [-0.1, -0.05) is 25.1 Å². The summed E-state index contributed by atoms with van der Waals surface area (Å²) in [4.78, 5) is 20.8. The van der Waals surface area contributed by atoms with Crippen molar-refractivity contribution in [2.24, 2.45) is 0 Å². The van der Waals surface area contributed by atoms with Gasteiger partial charge in [0.25, 0.3) is 0 Å². The maximum atomic E-state index is 13.0. The first kappa shape index (κ1) is 19.0. The van der Waals surface area contributed by atoms with Crippen LogP contribution in [0.5, 0.6) is 5.75 Å². The lowest BCUT2D eigenvalue weighted by Gasteiger charge is -2.39. The van der Waals surface area contributed by atoms with Crippen molar-refractivity contribution < 1.29 is 9.53 Å². The Morgan fingerprint density at radius 3 is 2.68 bits per heavy atom. The molecule has 2 aromatic carbocycles. The number of amides is 1. The second kappa shape index (κ2) is 8.35. The van der Waals surface area contributed by atoms with Crippen LogP contribution in [0.2, 0.25) is 0 Å². The summed E-state index contributed by atoms with van der Waals surface area (Å²) >= 11 is 1.90. The van der Waals surface area contributed by atoms with Crippen LogP contribution in [0.1, 0.15) is 6.92 Å². The number of benzene rings is 2. The Morgan fingerprint density at radius 1 is 1.11 bits per heavy atom. The molecular weight excluding hydrogens is 370 g/mol. The fourth-order valence-electron chi connectivity index (χ4n) is 3.92. The predicted molar refractivity (Wildman–Crippen MR) is 116 cm³/mol. The number of fused-ring (bicyclic) bond motifs is 1. The Hall–Kier alpha value is -2.34. The van der Waals surface area contributed by atoms with Crippen molar-refractivity contribution in [2.45, 2.75) is 17.1 Å². The summed E-state index contributed by atoms with van der Waals surface area (Å²) in [5.41, 5.74) is 2.34. The summed E-state index contributed by atoms with van der Waals surface area (Å²) in [7, 11) is 1.69. The second-order valence-electron chi connectivity index (χ2n) is 7.35. The Kier molecular flexibility index (Phi) is 5.67. The molecule has 0 bridgehead atoms. The van der Waals surface area contributed by atoms with Gasteiger partial charge >= 0.3 is 0 Å². The zero-order valence-electron chi connectivity index (χ0n) is 16.5. The van der Waals surface area contributed by atoms with E-state index in [1.165, 1.54) is 10.6 Å². The lowest BCUT2D eigenvalue weighted by molar-refractivity contribution is -0.130. The molecule has 2 heterocycles. The Balaban J connectivity index is 1.37. The number of ether oxygens (including phenoxy) is 1. The van der Waals surface area contributed by atoms with E-state index >= 15 is 0 Å². The van der Waals surface area contributed by atoms with Gasteiger partial charge in [-0.05, 0) is 24.3 Å². The summed E-state index contributed by atoms with van der Waals surface area (Å²) in [5.74, 6) is 1.09. The van der Waals surface area contributed by atoms with E-state index < -0.39 is 0 Å². The molecule has 0 spiro atoms. The summed E-state index contributed by atoms with van der Waals surface area (Å²) in [6.07, 6.45) is 0. The molecule has 2 aliphatic heterocycles. The average Bonchev–Trinajstić information content (AvgIpc) is 2.73. The molecule has 6 heteroatoms. The highest BCUT2D eigenvalue weighted by Gasteiger charge is 2.27. The molecule has 148 valence electrons. The van der Waals surface area contributed by atoms with Crippen LogP contribution >= 0.6 is 11.8 Å². The van der Waals surface area contributed by atoms with Gasteiger partial charge in [0, 0.05) is 54.6 Å². The van der Waals surface area contributed by atoms with Gasteiger partial charge in [0.1, 0.15) is 5.75 Å². The molecule has 4 rings (SSSR count). The van der Waals surface area contributed by atoms with Crippen LogP contribution < -0.4 is 14.5 Å². The van der Waals surface area contributed by atoms with Gasteiger partial charge in [0.2, 0.25) is 5.91 Å². The minimum Gasteiger partial charge on any atom is -0.497 e. The number of rotatable bonds is 4. The van der Waals surface area contributed by atoms with E-state index in [9.17, 15) is 4.79 Å². The van der Waals surface area contributed by atoms with Crippen LogP contribution in [0.15, 0.2) is 53.4 Å². The van der Waals surface area contributed by atoms with E-state index in [-0.39, 0.29) is 5.91 Å². The molecule has 1 amide bonds. The molecule has 1 fully saturated rings. The van der Waals surface area contributed by atoms with E-state index in [1.807, 2.05) is 28.8 Å². The van der Waals surface area contributed by atoms with Crippen molar-refractivity contribution in [3.8, 4) is 5.75 Å². The largest absolute Gasteiger partial charge is 0.497 e. The lowest BCUT2D eigenvalue weighted by atomic mass is 10.2. The molecule has 2 aliphatic rings. The minimum atomic E-state index is 0.221. The van der Waals surface area contributed by atoms with Gasteiger partial charge in [0.05, 0.1) is 19.3 Å². The van der Waals surface area contributed by atoms with Gasteiger partial charge in [-0.15, -0.1) is 11.8 Å². The number of hydrogen-bond donors (Lipinski definition) is 0. The molecule has 28 heavy (non-hydrogen) atoms. The van der Waals surface area contributed by atoms with Crippen LogP contribution in [0, 0.1) is 0 Å².